The number of rotatable bonds is 2. The van der Waals surface area contributed by atoms with E-state index in [9.17, 15) is 18.0 Å². The summed E-state index contributed by atoms with van der Waals surface area (Å²) in [7, 11) is 0. The Morgan fingerprint density at radius 3 is 2.57 bits per heavy atom. The predicted molar refractivity (Wildman–Crippen MR) is 99.2 cm³/mol. The zero-order valence-corrected chi connectivity index (χ0v) is 15.9. The first-order valence-corrected chi connectivity index (χ1v) is 9.62. The summed E-state index contributed by atoms with van der Waals surface area (Å²) in [5.41, 5.74) is -0.260. The van der Waals surface area contributed by atoms with Crippen LogP contribution in [0.5, 0.6) is 0 Å². The molecule has 0 atom stereocenters. The molecule has 1 amide bonds. The summed E-state index contributed by atoms with van der Waals surface area (Å²) in [5.74, 6) is -0.430. The molecule has 4 rings (SSSR count). The van der Waals surface area contributed by atoms with E-state index >= 15 is 0 Å². The van der Waals surface area contributed by atoms with E-state index in [4.69, 9.17) is 11.6 Å². The van der Waals surface area contributed by atoms with Crippen molar-refractivity contribution in [3.63, 3.8) is 0 Å². The number of allylic oxidation sites excluding steroid dienone is 1. The van der Waals surface area contributed by atoms with Crippen molar-refractivity contribution in [2.75, 3.05) is 19.6 Å². The van der Waals surface area contributed by atoms with Gasteiger partial charge in [-0.05, 0) is 37.8 Å². The maximum absolute atomic E-state index is 13.2. The normalized spacial score (nSPS) is 19.1. The SMILES string of the molecule is C=C1CCCN1C1CCN(C(=O)c2nc3c(C(F)(F)F)cccn3c2Cl)CC1. The lowest BCUT2D eigenvalue weighted by atomic mass is 10.0. The molecule has 0 N–H and O–H groups in total. The molecule has 2 aromatic heterocycles. The molecule has 0 spiro atoms. The third kappa shape index (κ3) is 3.23. The van der Waals surface area contributed by atoms with Crippen LogP contribution in [0.3, 0.4) is 0 Å². The third-order valence-corrected chi connectivity index (χ3v) is 5.92. The number of nitrogens with zero attached hydrogens (tertiary/aromatic N) is 4. The second kappa shape index (κ2) is 6.99. The lowest BCUT2D eigenvalue weighted by molar-refractivity contribution is -0.136. The molecule has 9 heteroatoms. The van der Waals surface area contributed by atoms with Gasteiger partial charge in [0.15, 0.2) is 11.3 Å². The molecule has 0 unspecified atom stereocenters. The van der Waals surface area contributed by atoms with Crippen molar-refractivity contribution in [3.8, 4) is 0 Å². The summed E-state index contributed by atoms with van der Waals surface area (Å²) >= 11 is 6.21. The third-order valence-electron chi connectivity index (χ3n) is 5.56. The molecule has 2 aliphatic rings. The largest absolute Gasteiger partial charge is 0.419 e. The molecule has 0 radical (unpaired) electrons. The number of amides is 1. The average Bonchev–Trinajstić information content (AvgIpc) is 3.24. The smallest absolute Gasteiger partial charge is 0.372 e. The molecule has 2 saturated heterocycles. The van der Waals surface area contributed by atoms with Gasteiger partial charge >= 0.3 is 6.18 Å². The van der Waals surface area contributed by atoms with Crippen molar-refractivity contribution in [2.45, 2.75) is 37.9 Å². The molecule has 28 heavy (non-hydrogen) atoms. The van der Waals surface area contributed by atoms with Crippen molar-refractivity contribution in [1.29, 1.82) is 0 Å². The molecule has 0 saturated carbocycles. The average molecular weight is 413 g/mol. The van der Waals surface area contributed by atoms with Crippen LogP contribution >= 0.6 is 11.6 Å². The Balaban J connectivity index is 1.55. The van der Waals surface area contributed by atoms with Crippen molar-refractivity contribution >= 4 is 23.2 Å². The number of pyridine rings is 1. The fourth-order valence-electron chi connectivity index (χ4n) is 4.12. The zero-order chi connectivity index (χ0) is 20.1. The van der Waals surface area contributed by atoms with E-state index in [0.29, 0.717) is 19.1 Å². The Hall–Kier alpha value is -2.22. The van der Waals surface area contributed by atoms with Crippen LogP contribution in [-0.2, 0) is 6.18 Å². The number of fused-ring (bicyclic) bond motifs is 1. The number of alkyl halides is 3. The highest BCUT2D eigenvalue weighted by Crippen LogP contribution is 2.34. The summed E-state index contributed by atoms with van der Waals surface area (Å²) in [5, 5.41) is -0.0962. The summed E-state index contributed by atoms with van der Waals surface area (Å²) < 4.78 is 40.8. The lowest BCUT2D eigenvalue weighted by Crippen LogP contribution is -2.45. The highest BCUT2D eigenvalue weighted by molar-refractivity contribution is 6.33. The number of carbonyl (C=O) groups excluding carboxylic acids is 1. The van der Waals surface area contributed by atoms with Gasteiger partial charge in [-0.3, -0.25) is 9.20 Å². The van der Waals surface area contributed by atoms with Crippen LogP contribution in [0.2, 0.25) is 5.15 Å². The number of halogens is 4. The number of carbonyl (C=O) groups is 1. The van der Waals surface area contributed by atoms with Gasteiger partial charge in [-0.25, -0.2) is 4.98 Å². The highest BCUT2D eigenvalue weighted by atomic mass is 35.5. The minimum absolute atomic E-state index is 0.0962. The number of piperidine rings is 1. The van der Waals surface area contributed by atoms with Gasteiger partial charge in [-0.15, -0.1) is 0 Å². The summed E-state index contributed by atoms with van der Waals surface area (Å²) in [4.78, 5) is 20.8. The van der Waals surface area contributed by atoms with Crippen LogP contribution in [-0.4, -0.2) is 50.8 Å². The second-order valence-corrected chi connectivity index (χ2v) is 7.61. The van der Waals surface area contributed by atoms with E-state index in [0.717, 1.165) is 48.4 Å². The molecule has 2 aromatic rings. The summed E-state index contributed by atoms with van der Waals surface area (Å²) in [6.07, 6.45) is 0.511. The summed E-state index contributed by atoms with van der Waals surface area (Å²) in [6, 6.07) is 2.53. The van der Waals surface area contributed by atoms with Crippen molar-refractivity contribution < 1.29 is 18.0 Å². The Labute approximate surface area is 165 Å². The lowest BCUT2D eigenvalue weighted by Gasteiger charge is -2.38. The van der Waals surface area contributed by atoms with Gasteiger partial charge in [-0.2, -0.15) is 13.2 Å². The zero-order valence-electron chi connectivity index (χ0n) is 15.2. The van der Waals surface area contributed by atoms with Crippen LogP contribution in [0.4, 0.5) is 13.2 Å². The predicted octanol–water partition coefficient (Wildman–Crippen LogP) is 4.22. The highest BCUT2D eigenvalue weighted by Gasteiger charge is 2.36. The van der Waals surface area contributed by atoms with Gasteiger partial charge < -0.3 is 9.80 Å². The van der Waals surface area contributed by atoms with E-state index in [1.165, 1.54) is 12.3 Å². The fraction of sp³-hybridized carbons (Fsp3) is 0.474. The van der Waals surface area contributed by atoms with Crippen LogP contribution in [0.25, 0.3) is 5.65 Å². The molecule has 4 heterocycles. The monoisotopic (exact) mass is 412 g/mol. The van der Waals surface area contributed by atoms with Crippen molar-refractivity contribution in [2.24, 2.45) is 0 Å². The molecule has 0 aromatic carbocycles. The van der Waals surface area contributed by atoms with Gasteiger partial charge in [0.2, 0.25) is 0 Å². The molecular formula is C19H20ClF3N4O. The molecular weight excluding hydrogens is 393 g/mol. The van der Waals surface area contributed by atoms with Crippen LogP contribution in [0.1, 0.15) is 41.7 Å². The Bertz CT molecular complexity index is 931. The van der Waals surface area contributed by atoms with Gasteiger partial charge in [0.1, 0.15) is 5.15 Å². The maximum atomic E-state index is 13.2. The van der Waals surface area contributed by atoms with Crippen molar-refractivity contribution in [1.82, 2.24) is 19.2 Å². The first kappa shape index (κ1) is 19.1. The first-order chi connectivity index (χ1) is 13.3. The van der Waals surface area contributed by atoms with Crippen LogP contribution < -0.4 is 0 Å². The molecule has 150 valence electrons. The number of imidazole rings is 1. The van der Waals surface area contributed by atoms with E-state index in [1.807, 2.05) is 0 Å². The Morgan fingerprint density at radius 2 is 1.96 bits per heavy atom. The minimum Gasteiger partial charge on any atom is -0.372 e. The topological polar surface area (TPSA) is 40.8 Å². The summed E-state index contributed by atoms with van der Waals surface area (Å²) in [6.45, 7) is 6.13. The van der Waals surface area contributed by atoms with Crippen LogP contribution in [0, 0.1) is 0 Å². The molecule has 0 bridgehead atoms. The standard InChI is InChI=1S/C19H20ClF3N4O/c1-12-4-2-8-26(12)13-6-10-25(11-7-13)18(28)15-16(20)27-9-3-5-14(17(27)24-15)19(21,22)23/h3,5,9,13H,1-2,4,6-8,10-11H2. The minimum atomic E-state index is -4.58. The van der Waals surface area contributed by atoms with E-state index in [-0.39, 0.29) is 16.5 Å². The first-order valence-electron chi connectivity index (χ1n) is 9.25. The van der Waals surface area contributed by atoms with Crippen molar-refractivity contribution in [3.05, 3.63) is 47.0 Å². The fourth-order valence-corrected chi connectivity index (χ4v) is 4.38. The quantitative estimate of drug-likeness (QED) is 0.741. The maximum Gasteiger partial charge on any atom is 0.419 e. The van der Waals surface area contributed by atoms with E-state index in [1.54, 1.807) is 4.90 Å². The van der Waals surface area contributed by atoms with E-state index in [2.05, 4.69) is 16.5 Å². The number of likely N-dealkylation sites (tertiary alicyclic amines) is 2. The van der Waals surface area contributed by atoms with Gasteiger partial charge in [0.25, 0.3) is 5.91 Å². The number of hydrogen-bond donors (Lipinski definition) is 0. The van der Waals surface area contributed by atoms with Gasteiger partial charge in [-0.1, -0.05) is 18.2 Å². The Kier molecular flexibility index (Phi) is 4.77. The van der Waals surface area contributed by atoms with Gasteiger partial charge in [0.05, 0.1) is 5.56 Å². The molecule has 5 nitrogen and oxygen atoms in total. The number of hydrogen-bond acceptors (Lipinski definition) is 3. The van der Waals surface area contributed by atoms with Gasteiger partial charge in [0, 0.05) is 37.6 Å². The molecule has 2 aliphatic heterocycles. The second-order valence-electron chi connectivity index (χ2n) is 7.25. The molecule has 2 fully saturated rings. The molecule has 0 aliphatic carbocycles. The number of aromatic nitrogens is 2. The van der Waals surface area contributed by atoms with Crippen LogP contribution in [0.15, 0.2) is 30.6 Å². The Morgan fingerprint density at radius 1 is 1.25 bits per heavy atom. The van der Waals surface area contributed by atoms with E-state index < -0.39 is 17.6 Å².